The highest BCUT2D eigenvalue weighted by atomic mass is 16.4. The molecule has 0 aromatic heterocycles. The zero-order valence-electron chi connectivity index (χ0n) is 13.1. The first-order valence-electron chi connectivity index (χ1n) is 7.64. The van der Waals surface area contributed by atoms with Gasteiger partial charge in [-0.3, -0.25) is 0 Å². The average molecular weight is 284 g/mol. The Bertz CT molecular complexity index is 353. The lowest BCUT2D eigenvalue weighted by Gasteiger charge is -2.37. The predicted molar refractivity (Wildman–Crippen MR) is 78.7 cm³/mol. The van der Waals surface area contributed by atoms with Crippen LogP contribution in [0, 0.1) is 5.92 Å². The minimum absolute atomic E-state index is 0.221. The Morgan fingerprint density at radius 1 is 1.30 bits per heavy atom. The van der Waals surface area contributed by atoms with E-state index >= 15 is 0 Å². The summed E-state index contributed by atoms with van der Waals surface area (Å²) in [7, 11) is 1.77. The Balaban J connectivity index is 2.71. The zero-order chi connectivity index (χ0) is 15.3. The molecule has 0 aromatic rings. The molecule has 1 aliphatic rings. The molecule has 5 nitrogen and oxygen atoms in total. The summed E-state index contributed by atoms with van der Waals surface area (Å²) in [4.78, 5) is 25.5. The highest BCUT2D eigenvalue weighted by Gasteiger charge is 2.38. The van der Waals surface area contributed by atoms with Crippen molar-refractivity contribution in [2.45, 2.75) is 70.9 Å². The number of rotatable bonds is 5. The van der Waals surface area contributed by atoms with Crippen molar-refractivity contribution in [3.63, 3.8) is 0 Å². The summed E-state index contributed by atoms with van der Waals surface area (Å²) < 4.78 is 0. The molecule has 1 rings (SSSR count). The van der Waals surface area contributed by atoms with Crippen molar-refractivity contribution in [2.75, 3.05) is 7.05 Å². The molecule has 0 bridgehead atoms. The van der Waals surface area contributed by atoms with Gasteiger partial charge < -0.3 is 15.3 Å². The van der Waals surface area contributed by atoms with Crippen LogP contribution in [-0.4, -0.2) is 40.6 Å². The first kappa shape index (κ1) is 16.8. The van der Waals surface area contributed by atoms with E-state index in [-0.39, 0.29) is 12.1 Å². The monoisotopic (exact) mass is 284 g/mol. The summed E-state index contributed by atoms with van der Waals surface area (Å²) in [5, 5.41) is 12.1. The van der Waals surface area contributed by atoms with Crippen LogP contribution >= 0.6 is 0 Å². The van der Waals surface area contributed by atoms with E-state index in [4.69, 9.17) is 0 Å². The van der Waals surface area contributed by atoms with E-state index in [1.54, 1.807) is 25.8 Å². The summed E-state index contributed by atoms with van der Waals surface area (Å²) in [5.74, 6) is -0.327. The minimum Gasteiger partial charge on any atom is -0.480 e. The average Bonchev–Trinajstić information content (AvgIpc) is 2.43. The van der Waals surface area contributed by atoms with Crippen LogP contribution in [0.4, 0.5) is 4.79 Å². The second-order valence-electron chi connectivity index (χ2n) is 6.06. The van der Waals surface area contributed by atoms with Gasteiger partial charge in [0.1, 0.15) is 5.54 Å². The molecule has 1 saturated carbocycles. The highest BCUT2D eigenvalue weighted by molar-refractivity contribution is 5.86. The van der Waals surface area contributed by atoms with Crippen molar-refractivity contribution < 1.29 is 14.7 Å². The van der Waals surface area contributed by atoms with Crippen molar-refractivity contribution >= 4 is 12.0 Å². The zero-order valence-corrected chi connectivity index (χ0v) is 13.1. The second kappa shape index (κ2) is 6.95. The first-order chi connectivity index (χ1) is 9.36. The quantitative estimate of drug-likeness (QED) is 0.815. The first-order valence-corrected chi connectivity index (χ1v) is 7.64. The summed E-state index contributed by atoms with van der Waals surface area (Å²) in [5.41, 5.74) is -1.15. The minimum atomic E-state index is -1.15. The standard InChI is InChI=1S/C15H28N2O3/c1-5-15(6-2,13(18)19)16-14(20)17(4)12-9-7-8-11(3)10-12/h11-12H,5-10H2,1-4H3,(H,16,20)(H,18,19). The molecule has 0 radical (unpaired) electrons. The van der Waals surface area contributed by atoms with Crippen LogP contribution in [0.3, 0.4) is 0 Å². The van der Waals surface area contributed by atoms with Gasteiger partial charge in [0.05, 0.1) is 0 Å². The van der Waals surface area contributed by atoms with Gasteiger partial charge in [0.25, 0.3) is 0 Å². The molecule has 0 aliphatic heterocycles. The predicted octanol–water partition coefficient (Wildman–Crippen LogP) is 2.85. The van der Waals surface area contributed by atoms with E-state index in [9.17, 15) is 14.7 Å². The Hall–Kier alpha value is -1.26. The van der Waals surface area contributed by atoms with Crippen LogP contribution in [0.15, 0.2) is 0 Å². The van der Waals surface area contributed by atoms with Gasteiger partial charge in [0.2, 0.25) is 0 Å². The molecule has 5 heteroatoms. The number of hydrogen-bond acceptors (Lipinski definition) is 2. The third kappa shape index (κ3) is 3.64. The molecule has 0 saturated heterocycles. The summed E-state index contributed by atoms with van der Waals surface area (Å²) in [6, 6.07) is -0.0471. The number of urea groups is 1. The molecule has 1 aliphatic carbocycles. The molecular weight excluding hydrogens is 256 g/mol. The van der Waals surface area contributed by atoms with Gasteiger partial charge in [0, 0.05) is 13.1 Å². The maximum absolute atomic E-state index is 12.3. The molecule has 0 aromatic carbocycles. The number of carbonyl (C=O) groups excluding carboxylic acids is 1. The van der Waals surface area contributed by atoms with Crippen molar-refractivity contribution in [2.24, 2.45) is 5.92 Å². The molecule has 2 N–H and O–H groups in total. The third-order valence-corrected chi connectivity index (χ3v) is 4.74. The Labute approximate surface area is 121 Å². The number of hydrogen-bond donors (Lipinski definition) is 2. The molecule has 20 heavy (non-hydrogen) atoms. The van der Waals surface area contributed by atoms with Crippen LogP contribution < -0.4 is 5.32 Å². The fraction of sp³-hybridized carbons (Fsp3) is 0.867. The molecule has 1 fully saturated rings. The van der Waals surface area contributed by atoms with Crippen LogP contribution in [-0.2, 0) is 4.79 Å². The largest absolute Gasteiger partial charge is 0.480 e. The van der Waals surface area contributed by atoms with Crippen molar-refractivity contribution in [1.82, 2.24) is 10.2 Å². The smallest absolute Gasteiger partial charge is 0.329 e. The maximum Gasteiger partial charge on any atom is 0.329 e. The maximum atomic E-state index is 12.3. The topological polar surface area (TPSA) is 69.6 Å². The van der Waals surface area contributed by atoms with Crippen LogP contribution in [0.1, 0.15) is 59.3 Å². The Kier molecular flexibility index (Phi) is 5.84. The summed E-state index contributed by atoms with van der Waals surface area (Å²) >= 11 is 0. The number of nitrogens with one attached hydrogen (secondary N) is 1. The highest BCUT2D eigenvalue weighted by Crippen LogP contribution is 2.27. The molecule has 0 spiro atoms. The van der Waals surface area contributed by atoms with Crippen LogP contribution in [0.25, 0.3) is 0 Å². The fourth-order valence-corrected chi connectivity index (χ4v) is 3.00. The third-order valence-electron chi connectivity index (χ3n) is 4.74. The molecule has 2 amide bonds. The van der Waals surface area contributed by atoms with E-state index in [0.717, 1.165) is 19.3 Å². The van der Waals surface area contributed by atoms with Crippen LogP contribution in [0.2, 0.25) is 0 Å². The van der Waals surface area contributed by atoms with Gasteiger partial charge >= 0.3 is 12.0 Å². The number of carboxylic acids is 1. The normalized spacial score (nSPS) is 23.2. The molecule has 2 unspecified atom stereocenters. The fourth-order valence-electron chi connectivity index (χ4n) is 3.00. The van der Waals surface area contributed by atoms with E-state index in [2.05, 4.69) is 12.2 Å². The second-order valence-corrected chi connectivity index (χ2v) is 6.06. The molecule has 116 valence electrons. The van der Waals surface area contributed by atoms with E-state index in [1.807, 2.05) is 0 Å². The van der Waals surface area contributed by atoms with E-state index in [1.165, 1.54) is 6.42 Å². The lowest BCUT2D eigenvalue weighted by molar-refractivity contribution is -0.144. The number of nitrogens with zero attached hydrogens (tertiary/aromatic N) is 1. The number of carboxylic acid groups (broad SMARTS) is 1. The van der Waals surface area contributed by atoms with Crippen molar-refractivity contribution in [1.29, 1.82) is 0 Å². The molecule has 2 atom stereocenters. The summed E-state index contributed by atoms with van der Waals surface area (Å²) in [6.45, 7) is 5.79. The number of aliphatic carboxylic acids is 1. The van der Waals surface area contributed by atoms with Gasteiger partial charge in [0.15, 0.2) is 0 Å². The van der Waals surface area contributed by atoms with Gasteiger partial charge in [-0.25, -0.2) is 9.59 Å². The number of carbonyl (C=O) groups is 2. The number of amides is 2. The Morgan fingerprint density at radius 2 is 1.90 bits per heavy atom. The summed E-state index contributed by atoms with van der Waals surface area (Å²) in [6.07, 6.45) is 5.14. The SMILES string of the molecule is CCC(CC)(NC(=O)N(C)C1CCCC(C)C1)C(=O)O. The van der Waals surface area contributed by atoms with E-state index in [0.29, 0.717) is 18.8 Å². The molecular formula is C15H28N2O3. The van der Waals surface area contributed by atoms with Crippen molar-refractivity contribution in [3.05, 3.63) is 0 Å². The van der Waals surface area contributed by atoms with E-state index < -0.39 is 11.5 Å². The van der Waals surface area contributed by atoms with Gasteiger partial charge in [-0.1, -0.05) is 33.6 Å². The van der Waals surface area contributed by atoms with Crippen molar-refractivity contribution in [3.8, 4) is 0 Å². The van der Waals surface area contributed by atoms with Crippen LogP contribution in [0.5, 0.6) is 0 Å². The van der Waals surface area contributed by atoms with Gasteiger partial charge in [-0.15, -0.1) is 0 Å². The molecule has 0 heterocycles. The lowest BCUT2D eigenvalue weighted by Crippen LogP contribution is -2.58. The van der Waals surface area contributed by atoms with Gasteiger partial charge in [-0.2, -0.15) is 0 Å². The Morgan fingerprint density at radius 3 is 2.35 bits per heavy atom. The lowest BCUT2D eigenvalue weighted by atomic mass is 9.86. The van der Waals surface area contributed by atoms with Gasteiger partial charge in [-0.05, 0) is 31.6 Å².